The normalized spacial score (nSPS) is 12.1. The number of amides is 1. The van der Waals surface area contributed by atoms with Crippen LogP contribution in [0.2, 0.25) is 0 Å². The van der Waals surface area contributed by atoms with Gasteiger partial charge in [-0.05, 0) is 24.1 Å². The van der Waals surface area contributed by atoms with E-state index in [1.807, 2.05) is 17.8 Å². The highest BCUT2D eigenvalue weighted by Gasteiger charge is 2.13. The van der Waals surface area contributed by atoms with Crippen molar-refractivity contribution < 1.29 is 9.90 Å². The summed E-state index contributed by atoms with van der Waals surface area (Å²) in [6.45, 7) is 0.507. The summed E-state index contributed by atoms with van der Waals surface area (Å²) in [6.07, 6.45) is 4.71. The summed E-state index contributed by atoms with van der Waals surface area (Å²) in [6, 6.07) is 6.09. The summed E-state index contributed by atoms with van der Waals surface area (Å²) in [5.74, 6) is 0.937. The number of nitrogens with two attached hydrogens (primary N) is 1. The summed E-state index contributed by atoms with van der Waals surface area (Å²) in [4.78, 5) is 16.1. The van der Waals surface area contributed by atoms with E-state index in [9.17, 15) is 9.90 Å². The van der Waals surface area contributed by atoms with Crippen LogP contribution < -0.4 is 11.1 Å². The lowest BCUT2D eigenvalue weighted by molar-refractivity contribution is -0.122. The number of carbonyl (C=O) groups is 1. The van der Waals surface area contributed by atoms with Crippen LogP contribution in [0.3, 0.4) is 0 Å². The zero-order chi connectivity index (χ0) is 15.2. The van der Waals surface area contributed by atoms with Gasteiger partial charge in [0.05, 0.1) is 6.04 Å². The van der Waals surface area contributed by atoms with Gasteiger partial charge in [0.25, 0.3) is 0 Å². The van der Waals surface area contributed by atoms with Crippen LogP contribution >= 0.6 is 0 Å². The molecule has 1 aromatic heterocycles. The van der Waals surface area contributed by atoms with Crippen LogP contribution in [0.5, 0.6) is 5.75 Å². The lowest BCUT2D eigenvalue weighted by Crippen LogP contribution is -2.42. The number of aromatic hydroxyl groups is 1. The number of carbonyl (C=O) groups excluding carboxylic acids is 1. The predicted molar refractivity (Wildman–Crippen MR) is 79.7 cm³/mol. The fraction of sp³-hybridized carbons (Fsp3) is 0.333. The van der Waals surface area contributed by atoms with Crippen molar-refractivity contribution in [2.45, 2.75) is 18.9 Å². The van der Waals surface area contributed by atoms with E-state index >= 15 is 0 Å². The number of hydrogen-bond donors (Lipinski definition) is 3. The number of nitrogens with zero attached hydrogens (tertiary/aromatic N) is 2. The van der Waals surface area contributed by atoms with E-state index in [1.165, 1.54) is 0 Å². The van der Waals surface area contributed by atoms with Gasteiger partial charge in [0.15, 0.2) is 0 Å². The van der Waals surface area contributed by atoms with Gasteiger partial charge in [-0.3, -0.25) is 4.79 Å². The fourth-order valence-electron chi connectivity index (χ4n) is 2.04. The Labute approximate surface area is 123 Å². The van der Waals surface area contributed by atoms with Gasteiger partial charge in [0, 0.05) is 32.4 Å². The Hall–Kier alpha value is -2.34. The zero-order valence-corrected chi connectivity index (χ0v) is 12.0. The molecule has 21 heavy (non-hydrogen) atoms. The van der Waals surface area contributed by atoms with Crippen LogP contribution in [0.15, 0.2) is 36.7 Å². The van der Waals surface area contributed by atoms with Crippen LogP contribution in [-0.4, -0.2) is 33.2 Å². The Balaban J connectivity index is 1.77. The van der Waals surface area contributed by atoms with E-state index in [2.05, 4.69) is 10.3 Å². The van der Waals surface area contributed by atoms with Crippen molar-refractivity contribution in [3.05, 3.63) is 48.0 Å². The number of nitrogens with one attached hydrogen (secondary N) is 1. The first-order valence-electron chi connectivity index (χ1n) is 6.83. The van der Waals surface area contributed by atoms with E-state index in [0.29, 0.717) is 19.4 Å². The first-order chi connectivity index (χ1) is 10.1. The van der Waals surface area contributed by atoms with E-state index in [-0.39, 0.29) is 11.7 Å². The average Bonchev–Trinajstić information content (AvgIpc) is 2.87. The summed E-state index contributed by atoms with van der Waals surface area (Å²) in [5, 5.41) is 12.0. The molecule has 2 rings (SSSR count). The molecule has 0 radical (unpaired) electrons. The molecule has 0 spiro atoms. The smallest absolute Gasteiger partial charge is 0.237 e. The third kappa shape index (κ3) is 4.32. The molecule has 0 unspecified atom stereocenters. The number of aromatic nitrogens is 2. The zero-order valence-electron chi connectivity index (χ0n) is 12.0. The molecule has 0 fully saturated rings. The van der Waals surface area contributed by atoms with Gasteiger partial charge in [-0.15, -0.1) is 0 Å². The predicted octanol–water partition coefficient (Wildman–Crippen LogP) is 0.354. The maximum atomic E-state index is 11.9. The molecular weight excluding hydrogens is 268 g/mol. The van der Waals surface area contributed by atoms with Gasteiger partial charge in [-0.1, -0.05) is 12.1 Å². The van der Waals surface area contributed by atoms with Crippen molar-refractivity contribution >= 4 is 5.91 Å². The molecule has 6 heteroatoms. The van der Waals surface area contributed by atoms with Crippen molar-refractivity contribution in [3.8, 4) is 5.75 Å². The third-order valence-electron chi connectivity index (χ3n) is 3.30. The number of imidazole rings is 1. The largest absolute Gasteiger partial charge is 0.508 e. The second-order valence-corrected chi connectivity index (χ2v) is 4.97. The van der Waals surface area contributed by atoms with E-state index < -0.39 is 6.04 Å². The Morgan fingerprint density at radius 3 is 2.76 bits per heavy atom. The maximum Gasteiger partial charge on any atom is 0.237 e. The number of benzene rings is 1. The van der Waals surface area contributed by atoms with Crippen LogP contribution in [-0.2, 0) is 24.7 Å². The monoisotopic (exact) mass is 288 g/mol. The second kappa shape index (κ2) is 6.90. The Morgan fingerprint density at radius 1 is 1.43 bits per heavy atom. The molecule has 0 aliphatic heterocycles. The minimum Gasteiger partial charge on any atom is -0.508 e. The van der Waals surface area contributed by atoms with Crippen molar-refractivity contribution in [2.75, 3.05) is 6.54 Å². The lowest BCUT2D eigenvalue weighted by atomic mass is 10.1. The first kappa shape index (κ1) is 15.1. The lowest BCUT2D eigenvalue weighted by Gasteiger charge is -2.12. The maximum absolute atomic E-state index is 11.9. The SMILES string of the molecule is Cn1ccnc1CCNC(=O)[C@@H](N)Cc1ccc(O)cc1. The molecule has 0 aliphatic carbocycles. The standard InChI is InChI=1S/C15H20N4O2/c1-19-9-8-17-14(19)6-7-18-15(21)13(16)10-11-2-4-12(20)5-3-11/h2-5,8-9,13,20H,6-7,10,16H2,1H3,(H,18,21)/t13-/m0/s1. The first-order valence-corrected chi connectivity index (χ1v) is 6.83. The molecule has 0 bridgehead atoms. The molecule has 2 aromatic rings. The van der Waals surface area contributed by atoms with Gasteiger partial charge >= 0.3 is 0 Å². The Kier molecular flexibility index (Phi) is 4.94. The summed E-state index contributed by atoms with van der Waals surface area (Å²) in [5.41, 5.74) is 6.80. The van der Waals surface area contributed by atoms with E-state index in [1.54, 1.807) is 30.5 Å². The molecule has 1 amide bonds. The number of rotatable bonds is 6. The van der Waals surface area contributed by atoms with Gasteiger partial charge in [0.2, 0.25) is 5.91 Å². The van der Waals surface area contributed by atoms with Crippen molar-refractivity contribution in [1.82, 2.24) is 14.9 Å². The highest BCUT2D eigenvalue weighted by molar-refractivity contribution is 5.81. The molecule has 0 saturated heterocycles. The van der Waals surface area contributed by atoms with Gasteiger partial charge in [0.1, 0.15) is 11.6 Å². The summed E-state index contributed by atoms with van der Waals surface area (Å²) >= 11 is 0. The number of phenolic OH excluding ortho intramolecular Hbond substituents is 1. The Morgan fingerprint density at radius 2 is 2.14 bits per heavy atom. The third-order valence-corrected chi connectivity index (χ3v) is 3.30. The van der Waals surface area contributed by atoms with Crippen LogP contribution in [0, 0.1) is 0 Å². The van der Waals surface area contributed by atoms with Gasteiger partial charge < -0.3 is 20.7 Å². The Bertz CT molecular complexity index is 592. The number of aryl methyl sites for hydroxylation is 1. The van der Waals surface area contributed by atoms with Crippen LogP contribution in [0.1, 0.15) is 11.4 Å². The molecule has 112 valence electrons. The average molecular weight is 288 g/mol. The minimum absolute atomic E-state index is 0.183. The molecule has 0 aliphatic rings. The molecule has 1 heterocycles. The highest BCUT2D eigenvalue weighted by Crippen LogP contribution is 2.10. The molecule has 1 atom stereocenters. The quantitative estimate of drug-likeness (QED) is 0.715. The second-order valence-electron chi connectivity index (χ2n) is 4.97. The van der Waals surface area contributed by atoms with Gasteiger partial charge in [-0.25, -0.2) is 4.98 Å². The molecule has 6 nitrogen and oxygen atoms in total. The minimum atomic E-state index is -0.601. The number of hydrogen-bond acceptors (Lipinski definition) is 4. The number of phenols is 1. The van der Waals surface area contributed by atoms with Crippen LogP contribution in [0.25, 0.3) is 0 Å². The fourth-order valence-corrected chi connectivity index (χ4v) is 2.04. The summed E-state index contributed by atoms with van der Waals surface area (Å²) < 4.78 is 1.92. The van der Waals surface area contributed by atoms with Crippen molar-refractivity contribution in [2.24, 2.45) is 12.8 Å². The van der Waals surface area contributed by atoms with E-state index in [0.717, 1.165) is 11.4 Å². The van der Waals surface area contributed by atoms with Crippen LogP contribution in [0.4, 0.5) is 0 Å². The molecule has 0 saturated carbocycles. The van der Waals surface area contributed by atoms with Crippen molar-refractivity contribution in [1.29, 1.82) is 0 Å². The molecular formula is C15H20N4O2. The van der Waals surface area contributed by atoms with Crippen molar-refractivity contribution in [3.63, 3.8) is 0 Å². The highest BCUT2D eigenvalue weighted by atomic mass is 16.3. The molecule has 4 N–H and O–H groups in total. The summed E-state index contributed by atoms with van der Waals surface area (Å²) in [7, 11) is 1.92. The van der Waals surface area contributed by atoms with Gasteiger partial charge in [-0.2, -0.15) is 0 Å². The topological polar surface area (TPSA) is 93.2 Å². The van der Waals surface area contributed by atoms with E-state index in [4.69, 9.17) is 5.73 Å². The molecule has 1 aromatic carbocycles.